The summed E-state index contributed by atoms with van der Waals surface area (Å²) < 4.78 is 36.6. The summed E-state index contributed by atoms with van der Waals surface area (Å²) in [5, 5.41) is 0. The number of hydrogen-bond acceptors (Lipinski definition) is 5. The highest BCUT2D eigenvalue weighted by Crippen LogP contribution is 2.35. The van der Waals surface area contributed by atoms with Crippen LogP contribution in [0, 0.1) is 0 Å². The zero-order valence-electron chi connectivity index (χ0n) is 16.0. The fourth-order valence-electron chi connectivity index (χ4n) is 3.00. The number of Topliss-reactive ketones (excluding diaryl/α,β-unsaturated/α-hetero) is 1. The van der Waals surface area contributed by atoms with Crippen molar-refractivity contribution in [3.8, 4) is 11.5 Å². The molecule has 1 aliphatic heterocycles. The van der Waals surface area contributed by atoms with Gasteiger partial charge in [0, 0.05) is 10.5 Å². The zero-order chi connectivity index (χ0) is 21.3. The van der Waals surface area contributed by atoms with Gasteiger partial charge < -0.3 is 8.92 Å². The second kappa shape index (κ2) is 8.08. The smallest absolute Gasteiger partial charge is 0.339 e. The van der Waals surface area contributed by atoms with E-state index in [0.717, 1.165) is 16.5 Å². The molecule has 0 N–H and O–H groups in total. The Balaban J connectivity index is 1.57. The van der Waals surface area contributed by atoms with Crippen LogP contribution in [0.5, 0.6) is 11.5 Å². The number of allylic oxidation sites excluding steroid dienone is 1. The van der Waals surface area contributed by atoms with E-state index in [4.69, 9.17) is 8.92 Å². The first-order valence-corrected chi connectivity index (χ1v) is 11.4. The molecule has 1 aliphatic rings. The average molecular weight is 485 g/mol. The van der Waals surface area contributed by atoms with E-state index in [0.29, 0.717) is 5.56 Å². The van der Waals surface area contributed by atoms with Crippen LogP contribution in [-0.2, 0) is 16.5 Å². The standard InChI is InChI=1S/C23H17BrO5S/c1-2-15-3-5-16(6-4-15)13-22-23(25)20-12-9-18(14-21(20)28-22)29-30(26,27)19-10-7-17(24)8-11-19/h3-14H,2H2,1H3. The third-order valence-corrected chi connectivity index (χ3v) is 6.43. The molecule has 0 radical (unpaired) electrons. The number of aryl methyl sites for hydroxylation is 1. The molecule has 0 unspecified atom stereocenters. The van der Waals surface area contributed by atoms with Gasteiger partial charge in [0.15, 0.2) is 5.76 Å². The molecule has 0 amide bonds. The van der Waals surface area contributed by atoms with Gasteiger partial charge in [-0.2, -0.15) is 8.42 Å². The highest BCUT2D eigenvalue weighted by molar-refractivity contribution is 9.10. The third kappa shape index (κ3) is 4.17. The summed E-state index contributed by atoms with van der Waals surface area (Å²) >= 11 is 3.27. The summed E-state index contributed by atoms with van der Waals surface area (Å²) in [5.41, 5.74) is 2.41. The highest BCUT2D eigenvalue weighted by Gasteiger charge is 2.28. The molecule has 5 nitrogen and oxygen atoms in total. The van der Waals surface area contributed by atoms with Gasteiger partial charge in [0.1, 0.15) is 16.4 Å². The molecule has 0 aromatic heterocycles. The first kappa shape index (κ1) is 20.4. The van der Waals surface area contributed by atoms with E-state index in [9.17, 15) is 13.2 Å². The molecule has 3 aromatic rings. The Morgan fingerprint density at radius 3 is 2.37 bits per heavy atom. The molecular weight excluding hydrogens is 468 g/mol. The molecule has 0 saturated carbocycles. The topological polar surface area (TPSA) is 69.7 Å². The normalized spacial score (nSPS) is 14.5. The van der Waals surface area contributed by atoms with Crippen molar-refractivity contribution in [1.29, 1.82) is 0 Å². The first-order valence-electron chi connectivity index (χ1n) is 9.23. The number of hydrogen-bond donors (Lipinski definition) is 0. The van der Waals surface area contributed by atoms with Crippen LogP contribution < -0.4 is 8.92 Å². The summed E-state index contributed by atoms with van der Waals surface area (Å²) in [6.07, 6.45) is 2.60. The lowest BCUT2D eigenvalue weighted by Gasteiger charge is -2.08. The Kier molecular flexibility index (Phi) is 5.49. The largest absolute Gasteiger partial charge is 0.452 e. The van der Waals surface area contributed by atoms with Crippen LogP contribution in [0.1, 0.15) is 28.4 Å². The fourth-order valence-corrected chi connectivity index (χ4v) is 4.18. The number of ether oxygens (including phenoxy) is 1. The van der Waals surface area contributed by atoms with Gasteiger partial charge in [-0.3, -0.25) is 4.79 Å². The van der Waals surface area contributed by atoms with E-state index in [1.54, 1.807) is 18.2 Å². The van der Waals surface area contributed by atoms with Crippen LogP contribution in [0.3, 0.4) is 0 Å². The fraction of sp³-hybridized carbons (Fsp3) is 0.0870. The maximum absolute atomic E-state index is 12.6. The summed E-state index contributed by atoms with van der Waals surface area (Å²) in [7, 11) is -4.01. The SMILES string of the molecule is CCc1ccc(C=C2Oc3cc(OS(=O)(=O)c4ccc(Br)cc4)ccc3C2=O)cc1. The second-order valence-corrected chi connectivity index (χ2v) is 9.15. The van der Waals surface area contributed by atoms with Crippen molar-refractivity contribution in [2.75, 3.05) is 0 Å². The van der Waals surface area contributed by atoms with Crippen LogP contribution in [0.2, 0.25) is 0 Å². The minimum Gasteiger partial charge on any atom is -0.452 e. The monoisotopic (exact) mass is 484 g/mol. The lowest BCUT2D eigenvalue weighted by atomic mass is 10.1. The van der Waals surface area contributed by atoms with Crippen molar-refractivity contribution in [1.82, 2.24) is 0 Å². The molecule has 7 heteroatoms. The van der Waals surface area contributed by atoms with Gasteiger partial charge >= 0.3 is 10.1 Å². The van der Waals surface area contributed by atoms with Crippen LogP contribution in [-0.4, -0.2) is 14.2 Å². The van der Waals surface area contributed by atoms with Crippen LogP contribution in [0.15, 0.2) is 81.9 Å². The van der Waals surface area contributed by atoms with Crippen molar-refractivity contribution in [2.45, 2.75) is 18.2 Å². The molecule has 3 aromatic carbocycles. The maximum Gasteiger partial charge on any atom is 0.339 e. The van der Waals surface area contributed by atoms with E-state index < -0.39 is 10.1 Å². The second-order valence-electron chi connectivity index (χ2n) is 6.68. The first-order chi connectivity index (χ1) is 14.4. The summed E-state index contributed by atoms with van der Waals surface area (Å²) in [4.78, 5) is 12.6. The quantitative estimate of drug-likeness (QED) is 0.358. The average Bonchev–Trinajstić information content (AvgIpc) is 3.03. The predicted octanol–water partition coefficient (Wildman–Crippen LogP) is 5.40. The lowest BCUT2D eigenvalue weighted by molar-refractivity contribution is 0.101. The molecule has 0 bridgehead atoms. The Labute approximate surface area is 183 Å². The number of fused-ring (bicyclic) bond motifs is 1. The van der Waals surface area contributed by atoms with Gasteiger partial charge in [-0.15, -0.1) is 0 Å². The van der Waals surface area contributed by atoms with E-state index >= 15 is 0 Å². The number of ketones is 1. The van der Waals surface area contributed by atoms with Crippen molar-refractivity contribution in [3.05, 3.63) is 93.7 Å². The molecule has 4 rings (SSSR count). The number of halogens is 1. The Hall–Kier alpha value is -2.90. The molecule has 1 heterocycles. The lowest BCUT2D eigenvalue weighted by Crippen LogP contribution is -2.09. The molecule has 30 heavy (non-hydrogen) atoms. The van der Waals surface area contributed by atoms with Gasteiger partial charge in [-0.05, 0) is 60.0 Å². The molecule has 0 spiro atoms. The zero-order valence-corrected chi connectivity index (χ0v) is 18.4. The Morgan fingerprint density at radius 2 is 1.70 bits per heavy atom. The van der Waals surface area contributed by atoms with E-state index in [1.165, 1.54) is 35.9 Å². The van der Waals surface area contributed by atoms with Gasteiger partial charge in [0.25, 0.3) is 0 Å². The molecule has 0 atom stereocenters. The molecular formula is C23H17BrO5S. The number of carbonyl (C=O) groups excluding carboxylic acids is 1. The van der Waals surface area contributed by atoms with Crippen molar-refractivity contribution >= 4 is 37.9 Å². The molecule has 0 aliphatic carbocycles. The Bertz CT molecular complexity index is 1240. The number of rotatable bonds is 5. The number of benzene rings is 3. The minimum atomic E-state index is -4.01. The van der Waals surface area contributed by atoms with E-state index in [2.05, 4.69) is 22.9 Å². The van der Waals surface area contributed by atoms with Crippen molar-refractivity contribution in [3.63, 3.8) is 0 Å². The van der Waals surface area contributed by atoms with Crippen molar-refractivity contribution in [2.24, 2.45) is 0 Å². The number of carbonyl (C=O) groups is 1. The van der Waals surface area contributed by atoms with Crippen LogP contribution >= 0.6 is 15.9 Å². The van der Waals surface area contributed by atoms with Gasteiger partial charge in [0.2, 0.25) is 5.78 Å². The van der Waals surface area contributed by atoms with Crippen LogP contribution in [0.25, 0.3) is 6.08 Å². The minimum absolute atomic E-state index is 0.0271. The summed E-state index contributed by atoms with van der Waals surface area (Å²) in [5.74, 6) is 0.256. The third-order valence-electron chi connectivity index (χ3n) is 4.64. The Morgan fingerprint density at radius 1 is 1.00 bits per heavy atom. The summed E-state index contributed by atoms with van der Waals surface area (Å²) in [6, 6.07) is 18.3. The molecule has 152 valence electrons. The summed E-state index contributed by atoms with van der Waals surface area (Å²) in [6.45, 7) is 2.07. The van der Waals surface area contributed by atoms with Gasteiger partial charge in [-0.1, -0.05) is 47.1 Å². The highest BCUT2D eigenvalue weighted by atomic mass is 79.9. The van der Waals surface area contributed by atoms with E-state index in [-0.39, 0.29) is 27.9 Å². The maximum atomic E-state index is 12.6. The van der Waals surface area contributed by atoms with Crippen LogP contribution in [0.4, 0.5) is 0 Å². The van der Waals surface area contributed by atoms with Crippen molar-refractivity contribution < 1.29 is 22.1 Å². The molecule has 0 fully saturated rings. The van der Waals surface area contributed by atoms with Gasteiger partial charge in [0.05, 0.1) is 5.56 Å². The predicted molar refractivity (Wildman–Crippen MR) is 117 cm³/mol. The van der Waals surface area contributed by atoms with Gasteiger partial charge in [-0.25, -0.2) is 0 Å². The van der Waals surface area contributed by atoms with E-state index in [1.807, 2.05) is 24.3 Å². The molecule has 0 saturated heterocycles.